The molecule has 2 aromatic carbocycles. The Hall–Kier alpha value is -3.82. The number of aromatic nitrogens is 2. The van der Waals surface area contributed by atoms with E-state index in [4.69, 9.17) is 0 Å². The number of benzene rings is 2. The van der Waals surface area contributed by atoms with E-state index >= 15 is 0 Å². The average Bonchev–Trinajstić information content (AvgIpc) is 2.92. The minimum atomic E-state index is -1.12. The molecular weight excluding hydrogens is 496 g/mol. The maximum atomic E-state index is 13.2. The van der Waals surface area contributed by atoms with Crippen molar-refractivity contribution in [3.8, 4) is 16.9 Å². The van der Waals surface area contributed by atoms with Crippen LogP contribution in [-0.2, 0) is 23.1 Å². The van der Waals surface area contributed by atoms with Gasteiger partial charge >= 0.3 is 5.69 Å². The standard InChI is InChI=1S/C30H32N4O5/c1-34-13-11-29-15-22(35)8-10-30(29,39)24(34)14-20-6-7-23(26(36)25(20)29)27(37)31-12-9-18-2-4-19(5-3-18)21-16-32-28(38)33-17-21/h2-7,16-17,24,36,39H,8-15H2,1H3,(H,31,37)(H,32,33,38)/t24-,29?,30-/m1/s1. The number of Topliss-reactive ketones (excluding diaryl/α,β-unsaturated/α-hetero) is 1. The Morgan fingerprint density at radius 3 is 2.69 bits per heavy atom. The van der Waals surface area contributed by atoms with E-state index in [1.807, 2.05) is 37.4 Å². The molecule has 1 aromatic heterocycles. The first-order valence-corrected chi connectivity index (χ1v) is 13.4. The molecule has 3 aromatic rings. The quantitative estimate of drug-likeness (QED) is 0.398. The highest BCUT2D eigenvalue weighted by Gasteiger charge is 2.65. The van der Waals surface area contributed by atoms with E-state index in [0.29, 0.717) is 50.8 Å². The van der Waals surface area contributed by atoms with Gasteiger partial charge in [0.2, 0.25) is 0 Å². The number of aliphatic hydroxyl groups is 1. The van der Waals surface area contributed by atoms with Crippen LogP contribution in [-0.4, -0.2) is 68.6 Å². The Kier molecular flexibility index (Phi) is 6.15. The largest absolute Gasteiger partial charge is 0.507 e. The zero-order valence-corrected chi connectivity index (χ0v) is 21.9. The molecule has 2 aliphatic carbocycles. The van der Waals surface area contributed by atoms with Gasteiger partial charge in [0.15, 0.2) is 0 Å². The third-order valence-corrected chi connectivity index (χ3v) is 9.15. The minimum Gasteiger partial charge on any atom is -0.507 e. The molecule has 1 aliphatic heterocycles. The van der Waals surface area contributed by atoms with Crippen LogP contribution in [0.1, 0.15) is 52.7 Å². The number of hydrogen-bond donors (Lipinski definition) is 4. The number of phenolic OH excluding ortho intramolecular Hbond substituents is 1. The Bertz CT molecular complexity index is 1500. The van der Waals surface area contributed by atoms with Crippen molar-refractivity contribution in [1.29, 1.82) is 0 Å². The van der Waals surface area contributed by atoms with Gasteiger partial charge in [0, 0.05) is 54.4 Å². The van der Waals surface area contributed by atoms with Crippen LogP contribution in [0.4, 0.5) is 0 Å². The molecule has 3 aliphatic rings. The summed E-state index contributed by atoms with van der Waals surface area (Å²) in [6, 6.07) is 11.2. The van der Waals surface area contributed by atoms with Crippen molar-refractivity contribution in [2.45, 2.75) is 55.6 Å². The molecule has 1 saturated carbocycles. The van der Waals surface area contributed by atoms with Crippen molar-refractivity contribution in [2.75, 3.05) is 20.1 Å². The van der Waals surface area contributed by atoms with Gasteiger partial charge in [0.1, 0.15) is 11.5 Å². The van der Waals surface area contributed by atoms with Crippen molar-refractivity contribution >= 4 is 11.7 Å². The van der Waals surface area contributed by atoms with Gasteiger partial charge < -0.3 is 25.4 Å². The summed E-state index contributed by atoms with van der Waals surface area (Å²) in [7, 11) is 2.00. The van der Waals surface area contributed by atoms with Crippen LogP contribution in [0.25, 0.3) is 11.1 Å². The fourth-order valence-electron chi connectivity index (χ4n) is 7.09. The highest BCUT2D eigenvalue weighted by atomic mass is 16.3. The summed E-state index contributed by atoms with van der Waals surface area (Å²) in [5, 5.41) is 26.4. The summed E-state index contributed by atoms with van der Waals surface area (Å²) in [6.45, 7) is 1.09. The van der Waals surface area contributed by atoms with Crippen LogP contribution in [0.15, 0.2) is 53.6 Å². The summed E-state index contributed by atoms with van der Waals surface area (Å²) in [4.78, 5) is 45.5. The van der Waals surface area contributed by atoms with Crippen LogP contribution in [0.5, 0.6) is 5.75 Å². The number of H-pyrrole nitrogens is 1. The number of carbonyl (C=O) groups excluding carboxylic acids is 2. The number of fused-ring (bicyclic) bond motifs is 1. The normalized spacial score (nSPS) is 26.0. The summed E-state index contributed by atoms with van der Waals surface area (Å²) in [6.07, 6.45) is 5.74. The first-order valence-electron chi connectivity index (χ1n) is 13.4. The molecule has 39 heavy (non-hydrogen) atoms. The Labute approximate surface area is 225 Å². The number of aromatic amines is 1. The van der Waals surface area contributed by atoms with E-state index < -0.39 is 16.7 Å². The second-order valence-corrected chi connectivity index (χ2v) is 11.2. The topological polar surface area (TPSA) is 136 Å². The number of hydrogen-bond acceptors (Lipinski definition) is 7. The molecule has 0 radical (unpaired) electrons. The van der Waals surface area contributed by atoms with Crippen molar-refractivity contribution in [2.24, 2.45) is 0 Å². The van der Waals surface area contributed by atoms with Gasteiger partial charge in [-0.2, -0.15) is 0 Å². The molecule has 6 rings (SSSR count). The molecule has 9 heteroatoms. The number of nitrogens with one attached hydrogen (secondary N) is 2. The maximum absolute atomic E-state index is 13.2. The average molecular weight is 529 g/mol. The second kappa shape index (κ2) is 9.43. The van der Waals surface area contributed by atoms with Gasteiger partial charge in [-0.15, -0.1) is 0 Å². The lowest BCUT2D eigenvalue weighted by molar-refractivity contribution is -0.169. The maximum Gasteiger partial charge on any atom is 0.344 e. The third kappa shape index (κ3) is 4.08. The van der Waals surface area contributed by atoms with E-state index in [-0.39, 0.29) is 35.5 Å². The molecule has 2 heterocycles. The Balaban J connectivity index is 1.20. The predicted molar refractivity (Wildman–Crippen MR) is 145 cm³/mol. The molecule has 2 bridgehead atoms. The first-order chi connectivity index (χ1) is 18.7. The lowest BCUT2D eigenvalue weighted by atomic mass is 9.49. The number of nitrogens with zero attached hydrogens (tertiary/aromatic N) is 2. The fourth-order valence-corrected chi connectivity index (χ4v) is 7.09. The number of likely N-dealkylation sites (N-methyl/N-ethyl adjacent to an activating group) is 1. The zero-order chi connectivity index (χ0) is 27.4. The van der Waals surface area contributed by atoms with E-state index in [9.17, 15) is 24.6 Å². The lowest BCUT2D eigenvalue weighted by Crippen LogP contribution is -2.72. The van der Waals surface area contributed by atoms with E-state index in [2.05, 4.69) is 20.2 Å². The molecule has 1 saturated heterocycles. The van der Waals surface area contributed by atoms with Crippen LogP contribution in [0.3, 0.4) is 0 Å². The highest BCUT2D eigenvalue weighted by Crippen LogP contribution is 2.59. The van der Waals surface area contributed by atoms with Gasteiger partial charge in [0.25, 0.3) is 5.91 Å². The van der Waals surface area contributed by atoms with E-state index in [0.717, 1.165) is 22.3 Å². The molecular formula is C30H32N4O5. The minimum absolute atomic E-state index is 0.0907. The van der Waals surface area contributed by atoms with Gasteiger partial charge in [-0.05, 0) is 62.0 Å². The van der Waals surface area contributed by atoms with Crippen molar-refractivity contribution in [3.63, 3.8) is 0 Å². The van der Waals surface area contributed by atoms with E-state index in [1.165, 1.54) is 6.20 Å². The number of ketones is 1. The van der Waals surface area contributed by atoms with Crippen molar-refractivity contribution in [3.05, 3.63) is 81.5 Å². The monoisotopic (exact) mass is 528 g/mol. The third-order valence-electron chi connectivity index (χ3n) is 9.15. The number of likely N-dealkylation sites (tertiary alicyclic amines) is 1. The van der Waals surface area contributed by atoms with Gasteiger partial charge in [0.05, 0.1) is 11.2 Å². The summed E-state index contributed by atoms with van der Waals surface area (Å²) >= 11 is 0. The van der Waals surface area contributed by atoms with Crippen molar-refractivity contribution in [1.82, 2.24) is 20.2 Å². The predicted octanol–water partition coefficient (Wildman–Crippen LogP) is 2.10. The van der Waals surface area contributed by atoms with Gasteiger partial charge in [-0.1, -0.05) is 30.3 Å². The van der Waals surface area contributed by atoms with Gasteiger partial charge in [-0.3, -0.25) is 9.59 Å². The molecule has 202 valence electrons. The SMILES string of the molecule is CN1CCC23CC(=O)CC[C@@]2(O)[C@H]1Cc1ccc(C(=O)NCCc2ccc(-c4cnc(=O)[nH]c4)cc2)c(O)c13. The molecule has 1 unspecified atom stereocenters. The number of phenols is 1. The van der Waals surface area contributed by atoms with Crippen LogP contribution >= 0.6 is 0 Å². The number of piperidine rings is 1. The van der Waals surface area contributed by atoms with Gasteiger partial charge in [-0.25, -0.2) is 9.78 Å². The number of rotatable bonds is 5. The van der Waals surface area contributed by atoms with Crippen LogP contribution in [0.2, 0.25) is 0 Å². The molecule has 1 amide bonds. The summed E-state index contributed by atoms with van der Waals surface area (Å²) in [5.74, 6) is -0.406. The van der Waals surface area contributed by atoms with Crippen LogP contribution in [0, 0.1) is 0 Å². The zero-order valence-electron chi connectivity index (χ0n) is 21.9. The second-order valence-electron chi connectivity index (χ2n) is 11.2. The Morgan fingerprint density at radius 1 is 1.15 bits per heavy atom. The van der Waals surface area contributed by atoms with Crippen LogP contribution < -0.4 is 11.0 Å². The first kappa shape index (κ1) is 25.5. The Morgan fingerprint density at radius 2 is 1.95 bits per heavy atom. The van der Waals surface area contributed by atoms with E-state index in [1.54, 1.807) is 12.3 Å². The molecule has 9 nitrogen and oxygen atoms in total. The lowest BCUT2D eigenvalue weighted by Gasteiger charge is -2.62. The van der Waals surface area contributed by atoms with Crippen molar-refractivity contribution < 1.29 is 19.8 Å². The highest BCUT2D eigenvalue weighted by molar-refractivity contribution is 5.98. The molecule has 4 N–H and O–H groups in total. The number of aromatic hydroxyl groups is 1. The summed E-state index contributed by atoms with van der Waals surface area (Å²) in [5.41, 5.74) is 2.01. The molecule has 2 fully saturated rings. The number of amides is 1. The molecule has 3 atom stereocenters. The summed E-state index contributed by atoms with van der Waals surface area (Å²) < 4.78 is 0. The fraction of sp³-hybridized carbons (Fsp3) is 0.400. The number of carbonyl (C=O) groups is 2. The smallest absolute Gasteiger partial charge is 0.344 e. The molecule has 0 spiro atoms.